The monoisotopic (exact) mass is 345 g/mol. The molecule has 2 heterocycles. The van der Waals surface area contributed by atoms with Gasteiger partial charge < -0.3 is 10.4 Å². The summed E-state index contributed by atoms with van der Waals surface area (Å²) in [6, 6.07) is 3.75. The standard InChI is InChI=1S/C17H19N3O3S/c21-14(20-17(16(22)23)6-2-1-3-7-17)9-13-11-24-15(19-13)12-5-4-8-18-10-12/h4-5,8,10-11H,1-3,6-7,9H2,(H,20,21)(H,22,23). The van der Waals surface area contributed by atoms with Crippen molar-refractivity contribution >= 4 is 23.2 Å². The lowest BCUT2D eigenvalue weighted by molar-refractivity contribution is -0.149. The van der Waals surface area contributed by atoms with Crippen molar-refractivity contribution in [2.75, 3.05) is 0 Å². The lowest BCUT2D eigenvalue weighted by Crippen LogP contribution is -2.56. The van der Waals surface area contributed by atoms with Gasteiger partial charge in [0.15, 0.2) is 0 Å². The summed E-state index contributed by atoms with van der Waals surface area (Å²) >= 11 is 1.45. The number of rotatable bonds is 5. The van der Waals surface area contributed by atoms with Crippen molar-refractivity contribution in [3.05, 3.63) is 35.6 Å². The Bertz CT molecular complexity index is 724. The molecule has 0 saturated heterocycles. The number of carbonyl (C=O) groups excluding carboxylic acids is 1. The molecule has 0 aliphatic heterocycles. The van der Waals surface area contributed by atoms with E-state index in [1.54, 1.807) is 12.4 Å². The van der Waals surface area contributed by atoms with Crippen LogP contribution in [0.5, 0.6) is 0 Å². The van der Waals surface area contributed by atoms with Gasteiger partial charge in [-0.25, -0.2) is 9.78 Å². The highest BCUT2D eigenvalue weighted by atomic mass is 32.1. The Morgan fingerprint density at radius 1 is 1.29 bits per heavy atom. The van der Waals surface area contributed by atoms with E-state index in [9.17, 15) is 14.7 Å². The lowest BCUT2D eigenvalue weighted by atomic mass is 9.81. The summed E-state index contributed by atoms with van der Waals surface area (Å²) in [6.07, 6.45) is 7.17. The number of carbonyl (C=O) groups is 2. The summed E-state index contributed by atoms with van der Waals surface area (Å²) in [7, 11) is 0. The van der Waals surface area contributed by atoms with Gasteiger partial charge in [-0.05, 0) is 25.0 Å². The van der Waals surface area contributed by atoms with Crippen molar-refractivity contribution in [2.24, 2.45) is 0 Å². The number of nitrogens with zero attached hydrogens (tertiary/aromatic N) is 2. The largest absolute Gasteiger partial charge is 0.480 e. The third-order valence-corrected chi connectivity index (χ3v) is 5.24. The first kappa shape index (κ1) is 16.6. The second-order valence-corrected chi connectivity index (χ2v) is 6.92. The predicted octanol–water partition coefficient (Wildman–Crippen LogP) is 2.65. The number of aliphatic carboxylic acids is 1. The SMILES string of the molecule is O=C(Cc1csc(-c2cccnc2)n1)NC1(C(=O)O)CCCCC1. The molecule has 0 radical (unpaired) electrons. The minimum Gasteiger partial charge on any atom is -0.480 e. The van der Waals surface area contributed by atoms with Gasteiger partial charge in [0.1, 0.15) is 10.5 Å². The van der Waals surface area contributed by atoms with Crippen LogP contribution in [0.3, 0.4) is 0 Å². The smallest absolute Gasteiger partial charge is 0.329 e. The third-order valence-electron chi connectivity index (χ3n) is 4.30. The zero-order valence-electron chi connectivity index (χ0n) is 13.2. The third kappa shape index (κ3) is 3.62. The quantitative estimate of drug-likeness (QED) is 0.869. The summed E-state index contributed by atoms with van der Waals surface area (Å²) in [6.45, 7) is 0. The topological polar surface area (TPSA) is 92.2 Å². The maximum Gasteiger partial charge on any atom is 0.329 e. The molecule has 1 fully saturated rings. The van der Waals surface area contributed by atoms with E-state index in [4.69, 9.17) is 0 Å². The van der Waals surface area contributed by atoms with Crippen molar-refractivity contribution in [1.82, 2.24) is 15.3 Å². The average Bonchev–Trinajstić information content (AvgIpc) is 3.04. The summed E-state index contributed by atoms with van der Waals surface area (Å²) in [5.41, 5.74) is 0.438. The van der Waals surface area contributed by atoms with E-state index in [1.807, 2.05) is 17.5 Å². The van der Waals surface area contributed by atoms with Gasteiger partial charge >= 0.3 is 5.97 Å². The summed E-state index contributed by atoms with van der Waals surface area (Å²) < 4.78 is 0. The maximum absolute atomic E-state index is 12.3. The molecule has 0 unspecified atom stereocenters. The van der Waals surface area contributed by atoms with Crippen LogP contribution in [0.1, 0.15) is 37.8 Å². The molecule has 24 heavy (non-hydrogen) atoms. The highest BCUT2D eigenvalue weighted by Gasteiger charge is 2.40. The number of amides is 1. The zero-order chi connectivity index (χ0) is 17.0. The highest BCUT2D eigenvalue weighted by Crippen LogP contribution is 2.29. The number of thiazole rings is 1. The number of carboxylic acid groups (broad SMARTS) is 1. The molecule has 2 N–H and O–H groups in total. The Hall–Kier alpha value is -2.28. The van der Waals surface area contributed by atoms with Gasteiger partial charge in [-0.1, -0.05) is 19.3 Å². The number of nitrogens with one attached hydrogen (secondary N) is 1. The summed E-state index contributed by atoms with van der Waals surface area (Å²) in [4.78, 5) is 32.4. The first-order chi connectivity index (χ1) is 11.6. The molecular formula is C17H19N3O3S. The normalized spacial score (nSPS) is 16.5. The van der Waals surface area contributed by atoms with E-state index in [2.05, 4.69) is 15.3 Å². The molecule has 0 spiro atoms. The van der Waals surface area contributed by atoms with E-state index < -0.39 is 11.5 Å². The molecule has 3 rings (SSSR count). The van der Waals surface area contributed by atoms with Crippen molar-refractivity contribution < 1.29 is 14.7 Å². The van der Waals surface area contributed by atoms with Crippen LogP contribution in [0.25, 0.3) is 10.6 Å². The number of pyridine rings is 1. The van der Waals surface area contributed by atoms with Crippen molar-refractivity contribution in [1.29, 1.82) is 0 Å². The maximum atomic E-state index is 12.3. The minimum absolute atomic E-state index is 0.0891. The predicted molar refractivity (Wildman–Crippen MR) is 90.6 cm³/mol. The molecule has 0 aromatic carbocycles. The summed E-state index contributed by atoms with van der Waals surface area (Å²) in [5, 5.41) is 14.9. The lowest BCUT2D eigenvalue weighted by Gasteiger charge is -2.33. The highest BCUT2D eigenvalue weighted by molar-refractivity contribution is 7.13. The van der Waals surface area contributed by atoms with E-state index in [0.717, 1.165) is 29.8 Å². The van der Waals surface area contributed by atoms with Crippen molar-refractivity contribution in [3.8, 4) is 10.6 Å². The van der Waals surface area contributed by atoms with E-state index in [1.165, 1.54) is 11.3 Å². The molecule has 7 heteroatoms. The summed E-state index contributed by atoms with van der Waals surface area (Å²) in [5.74, 6) is -1.23. The molecule has 0 bridgehead atoms. The number of carboxylic acids is 1. The molecule has 1 saturated carbocycles. The van der Waals surface area contributed by atoms with Crippen LogP contribution < -0.4 is 5.32 Å². The van der Waals surface area contributed by atoms with Crippen LogP contribution in [0.2, 0.25) is 0 Å². The van der Waals surface area contributed by atoms with Crippen molar-refractivity contribution in [3.63, 3.8) is 0 Å². The van der Waals surface area contributed by atoms with Crippen molar-refractivity contribution in [2.45, 2.75) is 44.1 Å². The zero-order valence-corrected chi connectivity index (χ0v) is 14.0. The second-order valence-electron chi connectivity index (χ2n) is 6.06. The molecule has 1 aliphatic carbocycles. The van der Waals surface area contributed by atoms with Gasteiger partial charge in [0.05, 0.1) is 12.1 Å². The van der Waals surface area contributed by atoms with Gasteiger partial charge in [0.25, 0.3) is 0 Å². The van der Waals surface area contributed by atoms with Gasteiger partial charge in [-0.3, -0.25) is 9.78 Å². The second kappa shape index (κ2) is 7.09. The average molecular weight is 345 g/mol. The first-order valence-corrected chi connectivity index (χ1v) is 8.86. The van der Waals surface area contributed by atoms with Crippen LogP contribution in [0.4, 0.5) is 0 Å². The first-order valence-electron chi connectivity index (χ1n) is 7.98. The fourth-order valence-corrected chi connectivity index (χ4v) is 3.84. The number of aromatic nitrogens is 2. The molecule has 126 valence electrons. The Balaban J connectivity index is 1.67. The Morgan fingerprint density at radius 2 is 2.08 bits per heavy atom. The Morgan fingerprint density at radius 3 is 2.75 bits per heavy atom. The fraction of sp³-hybridized carbons (Fsp3) is 0.412. The van der Waals surface area contributed by atoms with Crippen LogP contribution in [0, 0.1) is 0 Å². The number of hydrogen-bond donors (Lipinski definition) is 2. The number of hydrogen-bond acceptors (Lipinski definition) is 5. The minimum atomic E-state index is -1.11. The molecule has 2 aromatic rings. The van der Waals surface area contributed by atoms with Crippen LogP contribution in [0.15, 0.2) is 29.9 Å². The molecule has 1 aliphatic rings. The van der Waals surface area contributed by atoms with Crippen LogP contribution in [-0.4, -0.2) is 32.5 Å². The Labute approximate surface area is 144 Å². The molecule has 2 aromatic heterocycles. The molecular weight excluding hydrogens is 326 g/mol. The van der Waals surface area contributed by atoms with Gasteiger partial charge in [0, 0.05) is 23.3 Å². The van der Waals surface area contributed by atoms with E-state index in [0.29, 0.717) is 18.5 Å². The van der Waals surface area contributed by atoms with E-state index >= 15 is 0 Å². The van der Waals surface area contributed by atoms with Crippen LogP contribution in [-0.2, 0) is 16.0 Å². The van der Waals surface area contributed by atoms with Gasteiger partial charge in [-0.15, -0.1) is 11.3 Å². The molecule has 1 amide bonds. The Kier molecular flexibility index (Phi) is 4.89. The van der Waals surface area contributed by atoms with E-state index in [-0.39, 0.29) is 12.3 Å². The fourth-order valence-electron chi connectivity index (χ4n) is 3.03. The van der Waals surface area contributed by atoms with Gasteiger partial charge in [-0.2, -0.15) is 0 Å². The molecule has 0 atom stereocenters. The molecule has 6 nitrogen and oxygen atoms in total. The van der Waals surface area contributed by atoms with Gasteiger partial charge in [0.2, 0.25) is 5.91 Å². The van der Waals surface area contributed by atoms with Crippen LogP contribution >= 0.6 is 11.3 Å².